The number of hydrogen-bond acceptors (Lipinski definition) is 5. The molecule has 0 saturated heterocycles. The highest BCUT2D eigenvalue weighted by Crippen LogP contribution is 2.28. The van der Waals surface area contributed by atoms with E-state index in [0.29, 0.717) is 49.1 Å². The lowest BCUT2D eigenvalue weighted by atomic mass is 10.1. The van der Waals surface area contributed by atoms with Crippen molar-refractivity contribution in [2.24, 2.45) is 0 Å². The summed E-state index contributed by atoms with van der Waals surface area (Å²) < 4.78 is 11.1. The highest BCUT2D eigenvalue weighted by Gasteiger charge is 2.15. The zero-order chi connectivity index (χ0) is 20.5. The topological polar surface area (TPSA) is 103 Å². The molecule has 0 bridgehead atoms. The second-order valence-corrected chi connectivity index (χ2v) is 6.20. The van der Waals surface area contributed by atoms with E-state index in [0.717, 1.165) is 11.1 Å². The van der Waals surface area contributed by atoms with Crippen molar-refractivity contribution in [3.05, 3.63) is 47.5 Å². The first-order valence-electron chi connectivity index (χ1n) is 9.28. The molecule has 0 aliphatic rings. The number of aryl methyl sites for hydroxylation is 1. The average Bonchev–Trinajstić information content (AvgIpc) is 2.67. The van der Waals surface area contributed by atoms with Crippen LogP contribution in [-0.2, 0) is 16.0 Å². The standard InChI is InChI=1S/C21H27N3O4/c1-4-27-18-9-7-15(13-19(18)28-5-2)10-11-23-20(25)21(26)24-17-12-14(3)6-8-16(17)22/h6-9,12-13H,4-5,10-11,22H2,1-3H3,(H,23,25)(H,24,26). The Balaban J connectivity index is 1.89. The lowest BCUT2D eigenvalue weighted by molar-refractivity contribution is -0.136. The molecule has 150 valence electrons. The molecule has 0 saturated carbocycles. The summed E-state index contributed by atoms with van der Waals surface area (Å²) in [6.07, 6.45) is 0.554. The van der Waals surface area contributed by atoms with Gasteiger partial charge in [-0.25, -0.2) is 0 Å². The van der Waals surface area contributed by atoms with E-state index in [2.05, 4.69) is 10.6 Å². The average molecular weight is 385 g/mol. The van der Waals surface area contributed by atoms with E-state index >= 15 is 0 Å². The van der Waals surface area contributed by atoms with Crippen molar-refractivity contribution in [3.63, 3.8) is 0 Å². The summed E-state index contributed by atoms with van der Waals surface area (Å²) in [5.41, 5.74) is 8.55. The summed E-state index contributed by atoms with van der Waals surface area (Å²) in [6, 6.07) is 10.9. The molecule has 28 heavy (non-hydrogen) atoms. The zero-order valence-corrected chi connectivity index (χ0v) is 16.5. The molecule has 0 aliphatic carbocycles. The number of nitrogen functional groups attached to an aromatic ring is 1. The summed E-state index contributed by atoms with van der Waals surface area (Å²) in [6.45, 7) is 7.09. The quantitative estimate of drug-likeness (QED) is 0.479. The van der Waals surface area contributed by atoms with Crippen LogP contribution < -0.4 is 25.8 Å². The lowest BCUT2D eigenvalue weighted by Crippen LogP contribution is -2.36. The van der Waals surface area contributed by atoms with Crippen LogP contribution in [0.2, 0.25) is 0 Å². The Morgan fingerprint density at radius 2 is 1.68 bits per heavy atom. The van der Waals surface area contributed by atoms with Gasteiger partial charge in [0.1, 0.15) is 0 Å². The molecular formula is C21H27N3O4. The van der Waals surface area contributed by atoms with Gasteiger partial charge in [-0.05, 0) is 62.6 Å². The fourth-order valence-electron chi connectivity index (χ4n) is 2.61. The Bertz CT molecular complexity index is 836. The van der Waals surface area contributed by atoms with Crippen LogP contribution >= 0.6 is 0 Å². The molecule has 0 unspecified atom stereocenters. The van der Waals surface area contributed by atoms with Gasteiger partial charge in [0.05, 0.1) is 24.6 Å². The Morgan fingerprint density at radius 3 is 2.39 bits per heavy atom. The lowest BCUT2D eigenvalue weighted by Gasteiger charge is -2.13. The number of nitrogens with one attached hydrogen (secondary N) is 2. The molecule has 2 aromatic rings. The number of hydrogen-bond donors (Lipinski definition) is 3. The van der Waals surface area contributed by atoms with Crippen LogP contribution in [0.15, 0.2) is 36.4 Å². The number of carbonyl (C=O) groups is 2. The number of anilines is 2. The van der Waals surface area contributed by atoms with Gasteiger partial charge in [0.25, 0.3) is 0 Å². The molecule has 0 spiro atoms. The summed E-state index contributed by atoms with van der Waals surface area (Å²) in [5.74, 6) is -0.107. The molecule has 7 heteroatoms. The Morgan fingerprint density at radius 1 is 0.964 bits per heavy atom. The predicted octanol–water partition coefficient (Wildman–Crippen LogP) is 2.67. The minimum absolute atomic E-state index is 0.315. The number of ether oxygens (including phenoxy) is 2. The minimum Gasteiger partial charge on any atom is -0.490 e. The van der Waals surface area contributed by atoms with Crippen molar-refractivity contribution in [1.82, 2.24) is 5.32 Å². The summed E-state index contributed by atoms with van der Waals surface area (Å²) in [4.78, 5) is 24.1. The van der Waals surface area contributed by atoms with E-state index in [1.54, 1.807) is 12.1 Å². The van der Waals surface area contributed by atoms with Crippen molar-refractivity contribution in [2.45, 2.75) is 27.2 Å². The van der Waals surface area contributed by atoms with E-state index in [9.17, 15) is 9.59 Å². The molecule has 7 nitrogen and oxygen atoms in total. The molecule has 0 fully saturated rings. The fraction of sp³-hybridized carbons (Fsp3) is 0.333. The molecule has 2 rings (SSSR count). The summed E-state index contributed by atoms with van der Waals surface area (Å²) in [5, 5.41) is 5.15. The van der Waals surface area contributed by atoms with Crippen LogP contribution in [0.5, 0.6) is 11.5 Å². The van der Waals surface area contributed by atoms with Gasteiger partial charge in [-0.2, -0.15) is 0 Å². The third-order valence-corrected chi connectivity index (χ3v) is 3.97. The van der Waals surface area contributed by atoms with Crippen LogP contribution in [0.4, 0.5) is 11.4 Å². The van der Waals surface area contributed by atoms with E-state index in [1.165, 1.54) is 0 Å². The number of nitrogens with two attached hydrogens (primary N) is 1. The van der Waals surface area contributed by atoms with Gasteiger partial charge in [0, 0.05) is 6.54 Å². The molecule has 4 N–H and O–H groups in total. The number of carbonyl (C=O) groups excluding carboxylic acids is 2. The van der Waals surface area contributed by atoms with Crippen molar-refractivity contribution in [1.29, 1.82) is 0 Å². The van der Waals surface area contributed by atoms with Crippen LogP contribution in [0.25, 0.3) is 0 Å². The van der Waals surface area contributed by atoms with Crippen molar-refractivity contribution >= 4 is 23.2 Å². The smallest absolute Gasteiger partial charge is 0.313 e. The molecule has 0 radical (unpaired) electrons. The van der Waals surface area contributed by atoms with E-state index in [1.807, 2.05) is 45.0 Å². The first-order valence-corrected chi connectivity index (χ1v) is 9.28. The normalized spacial score (nSPS) is 10.2. The van der Waals surface area contributed by atoms with Gasteiger partial charge in [-0.15, -0.1) is 0 Å². The van der Waals surface area contributed by atoms with E-state index in [4.69, 9.17) is 15.2 Å². The highest BCUT2D eigenvalue weighted by atomic mass is 16.5. The molecule has 0 aliphatic heterocycles. The number of benzene rings is 2. The Kier molecular flexibility index (Phi) is 7.68. The third-order valence-electron chi connectivity index (χ3n) is 3.97. The monoisotopic (exact) mass is 385 g/mol. The highest BCUT2D eigenvalue weighted by molar-refractivity contribution is 6.39. The second kappa shape index (κ2) is 10.2. The summed E-state index contributed by atoms with van der Waals surface area (Å²) in [7, 11) is 0. The van der Waals surface area contributed by atoms with Crippen LogP contribution in [0.3, 0.4) is 0 Å². The van der Waals surface area contributed by atoms with E-state index in [-0.39, 0.29) is 0 Å². The molecule has 2 amide bonds. The number of rotatable bonds is 8. The molecular weight excluding hydrogens is 358 g/mol. The SMILES string of the molecule is CCOc1ccc(CCNC(=O)C(=O)Nc2cc(C)ccc2N)cc1OCC. The Hall–Kier alpha value is -3.22. The maximum absolute atomic E-state index is 12.1. The molecule has 0 aromatic heterocycles. The number of amides is 2. The van der Waals surface area contributed by atoms with Crippen LogP contribution in [-0.4, -0.2) is 31.6 Å². The largest absolute Gasteiger partial charge is 0.490 e. The van der Waals surface area contributed by atoms with Crippen molar-refractivity contribution < 1.29 is 19.1 Å². The van der Waals surface area contributed by atoms with Gasteiger partial charge in [-0.1, -0.05) is 12.1 Å². The first-order chi connectivity index (χ1) is 13.4. The van der Waals surface area contributed by atoms with Crippen LogP contribution in [0.1, 0.15) is 25.0 Å². The van der Waals surface area contributed by atoms with Gasteiger partial charge < -0.3 is 25.8 Å². The van der Waals surface area contributed by atoms with Gasteiger partial charge in [0.15, 0.2) is 11.5 Å². The minimum atomic E-state index is -0.751. The Labute approximate surface area is 165 Å². The third kappa shape index (κ3) is 5.90. The predicted molar refractivity (Wildman–Crippen MR) is 110 cm³/mol. The fourth-order valence-corrected chi connectivity index (χ4v) is 2.61. The maximum atomic E-state index is 12.1. The molecule has 2 aromatic carbocycles. The van der Waals surface area contributed by atoms with E-state index < -0.39 is 11.8 Å². The zero-order valence-electron chi connectivity index (χ0n) is 16.5. The van der Waals surface area contributed by atoms with Gasteiger partial charge in [-0.3, -0.25) is 9.59 Å². The molecule has 0 atom stereocenters. The van der Waals surface area contributed by atoms with Gasteiger partial charge >= 0.3 is 11.8 Å². The second-order valence-electron chi connectivity index (χ2n) is 6.20. The molecule has 0 heterocycles. The van der Waals surface area contributed by atoms with Gasteiger partial charge in [0.2, 0.25) is 0 Å². The summed E-state index contributed by atoms with van der Waals surface area (Å²) >= 11 is 0. The van der Waals surface area contributed by atoms with Crippen molar-refractivity contribution in [3.8, 4) is 11.5 Å². The van der Waals surface area contributed by atoms with Crippen LogP contribution in [0, 0.1) is 6.92 Å². The first kappa shape index (κ1) is 21.1. The maximum Gasteiger partial charge on any atom is 0.313 e. The van der Waals surface area contributed by atoms with Crippen molar-refractivity contribution in [2.75, 3.05) is 30.8 Å².